The first-order valence-corrected chi connectivity index (χ1v) is 14.4. The molecule has 3 N–H and O–H groups in total. The zero-order valence-electron chi connectivity index (χ0n) is 19.8. The average Bonchev–Trinajstić information content (AvgIpc) is 2.97. The minimum absolute atomic E-state index is 0.218. The summed E-state index contributed by atoms with van der Waals surface area (Å²) in [5, 5.41) is 3.33. The molecule has 1 unspecified atom stereocenters. The van der Waals surface area contributed by atoms with Crippen molar-refractivity contribution < 1.29 is 23.9 Å². The van der Waals surface area contributed by atoms with Gasteiger partial charge in [0.1, 0.15) is 0 Å². The highest BCUT2D eigenvalue weighted by molar-refractivity contribution is 8.06. The largest absolute Gasteiger partial charge is 0.325 e. The van der Waals surface area contributed by atoms with Crippen molar-refractivity contribution in [2.75, 3.05) is 16.8 Å². The number of benzene rings is 3. The van der Waals surface area contributed by atoms with Crippen molar-refractivity contribution in [1.29, 1.82) is 0 Å². The second kappa shape index (κ2) is 10.8. The van der Waals surface area contributed by atoms with Crippen LogP contribution in [0.5, 0.6) is 0 Å². The molecule has 188 valence electrons. The maximum Gasteiger partial charge on any atom is 0.322 e. The van der Waals surface area contributed by atoms with E-state index in [9.17, 15) is 19.4 Å². The summed E-state index contributed by atoms with van der Waals surface area (Å²) in [7, 11) is 0. The normalized spacial score (nSPS) is 15.7. The van der Waals surface area contributed by atoms with Gasteiger partial charge in [-0.1, -0.05) is 29.8 Å². The molecular formula is C26H26ClN2O5PS. The lowest BCUT2D eigenvalue weighted by Gasteiger charge is -2.25. The third-order valence-corrected chi connectivity index (χ3v) is 7.11. The van der Waals surface area contributed by atoms with Crippen molar-refractivity contribution in [2.24, 2.45) is 0 Å². The fourth-order valence-corrected chi connectivity index (χ4v) is 5.42. The molecule has 0 radical (unpaired) electrons. The van der Waals surface area contributed by atoms with E-state index < -0.39 is 12.8 Å². The van der Waals surface area contributed by atoms with Gasteiger partial charge in [-0.2, -0.15) is 0 Å². The van der Waals surface area contributed by atoms with Gasteiger partial charge in [0.2, 0.25) is 0 Å². The minimum atomic E-state index is -3.92. The molecule has 1 aliphatic heterocycles. The molecule has 36 heavy (non-hydrogen) atoms. The lowest BCUT2D eigenvalue weighted by atomic mass is 10.0. The van der Waals surface area contributed by atoms with Gasteiger partial charge in [-0.05, 0) is 92.1 Å². The van der Waals surface area contributed by atoms with Gasteiger partial charge in [-0.3, -0.25) is 9.59 Å². The van der Waals surface area contributed by atoms with Gasteiger partial charge < -0.3 is 24.5 Å². The molecule has 0 fully saturated rings. The number of aryl methyl sites for hydroxylation is 2. The van der Waals surface area contributed by atoms with Crippen LogP contribution in [0.15, 0.2) is 60.7 Å². The molecule has 1 heterocycles. The number of fused-ring (bicyclic) bond motifs is 1. The first-order valence-electron chi connectivity index (χ1n) is 11.4. The Balaban J connectivity index is 1.61. The van der Waals surface area contributed by atoms with Crippen molar-refractivity contribution in [3.8, 4) is 0 Å². The van der Waals surface area contributed by atoms with Gasteiger partial charge in [0.25, 0.3) is 11.8 Å². The molecule has 3 aromatic rings. The molecule has 0 saturated carbocycles. The molecule has 1 atom stereocenters. The van der Waals surface area contributed by atoms with Gasteiger partial charge in [0, 0.05) is 39.6 Å². The molecule has 0 spiro atoms. The quantitative estimate of drug-likeness (QED) is 0.345. The number of nitrogens with zero attached hydrogens (tertiary/aromatic N) is 1. The first kappa shape index (κ1) is 26.5. The highest BCUT2D eigenvalue weighted by atomic mass is 35.5. The molecule has 3 aromatic carbocycles. The highest BCUT2D eigenvalue weighted by Crippen LogP contribution is 2.48. The summed E-state index contributed by atoms with van der Waals surface area (Å²) in [6.07, 6.45) is 0.304. The van der Waals surface area contributed by atoms with Crippen LogP contribution in [0.4, 0.5) is 11.4 Å². The first-order chi connectivity index (χ1) is 17.0. The van der Waals surface area contributed by atoms with Crippen molar-refractivity contribution in [1.82, 2.24) is 0 Å². The Morgan fingerprint density at radius 3 is 2.50 bits per heavy atom. The summed E-state index contributed by atoms with van der Waals surface area (Å²) in [6.45, 7) is 0.169. The van der Waals surface area contributed by atoms with E-state index in [1.165, 1.54) is 0 Å². The molecule has 0 saturated heterocycles. The molecule has 10 heteroatoms. The Kier molecular flexibility index (Phi) is 7.95. The summed E-state index contributed by atoms with van der Waals surface area (Å²) in [4.78, 5) is 47.5. The van der Waals surface area contributed by atoms with E-state index in [4.69, 9.17) is 16.1 Å². The van der Waals surface area contributed by atoms with Crippen LogP contribution < -0.4 is 10.2 Å². The maximum absolute atomic E-state index is 13.7. The number of rotatable bonds is 5. The summed E-state index contributed by atoms with van der Waals surface area (Å²) in [5.41, 5.74) is 4.39. The van der Waals surface area contributed by atoms with Crippen molar-refractivity contribution >= 4 is 53.3 Å². The van der Waals surface area contributed by atoms with E-state index in [1.807, 2.05) is 32.0 Å². The van der Waals surface area contributed by atoms with E-state index in [0.717, 1.165) is 5.56 Å². The predicted molar refractivity (Wildman–Crippen MR) is 145 cm³/mol. The second-order valence-electron chi connectivity index (χ2n) is 8.69. The van der Waals surface area contributed by atoms with Crippen LogP contribution in [0, 0.1) is 13.8 Å². The van der Waals surface area contributed by atoms with Gasteiger partial charge in [0.15, 0.2) is 0 Å². The maximum atomic E-state index is 13.7. The molecular weight excluding hydrogens is 519 g/mol. The lowest BCUT2D eigenvalue weighted by molar-refractivity contribution is 0.0984. The van der Waals surface area contributed by atoms with E-state index in [1.54, 1.807) is 47.4 Å². The summed E-state index contributed by atoms with van der Waals surface area (Å²) < 4.78 is 5.40. The van der Waals surface area contributed by atoms with Crippen LogP contribution in [-0.4, -0.2) is 28.1 Å². The predicted octanol–water partition coefficient (Wildman–Crippen LogP) is 5.92. The number of carbonyl (C=O) groups excluding carboxylic acids is 2. The number of carbonyl (C=O) groups is 2. The van der Waals surface area contributed by atoms with Crippen LogP contribution in [0.2, 0.25) is 5.02 Å². The van der Waals surface area contributed by atoms with E-state index >= 15 is 0 Å². The standard InChI is InChI=1S/C26H26ClN2O5PS/c1-16-6-3-4-7-20(16)25(30)28-19-10-11-21(17(2)14-19)26(31)29-13-5-8-24(34-35(32,33)36)22-15-18(27)9-12-23(22)29/h3-4,6-7,9-12,14-15,24H,5,8,13H2,1-2H3,(H,28,30)(H2,32,33,36). The van der Waals surface area contributed by atoms with Gasteiger partial charge in [-0.15, -0.1) is 0 Å². The zero-order valence-corrected chi connectivity index (χ0v) is 22.2. The van der Waals surface area contributed by atoms with E-state index in [2.05, 4.69) is 17.1 Å². The number of hydrogen-bond donors (Lipinski definition) is 3. The Morgan fingerprint density at radius 1 is 1.06 bits per heavy atom. The smallest absolute Gasteiger partial charge is 0.322 e. The van der Waals surface area contributed by atoms with E-state index in [-0.39, 0.29) is 11.8 Å². The topological polar surface area (TPSA) is 99.1 Å². The Labute approximate surface area is 219 Å². The van der Waals surface area contributed by atoms with Gasteiger partial charge in [-0.25, -0.2) is 0 Å². The van der Waals surface area contributed by atoms with Gasteiger partial charge >= 0.3 is 6.72 Å². The molecule has 0 aromatic heterocycles. The second-order valence-corrected chi connectivity index (χ2v) is 11.7. The highest BCUT2D eigenvalue weighted by Gasteiger charge is 2.31. The van der Waals surface area contributed by atoms with Crippen LogP contribution in [0.1, 0.15) is 56.4 Å². The number of hydrogen-bond acceptors (Lipinski definition) is 4. The molecule has 2 amide bonds. The fraction of sp³-hybridized carbons (Fsp3) is 0.231. The van der Waals surface area contributed by atoms with E-state index in [0.29, 0.717) is 58.0 Å². The summed E-state index contributed by atoms with van der Waals surface area (Å²) in [5.74, 6) is -0.440. The number of amides is 2. The van der Waals surface area contributed by atoms with Crippen molar-refractivity contribution in [3.63, 3.8) is 0 Å². The lowest BCUT2D eigenvalue weighted by Crippen LogP contribution is -2.32. The SMILES string of the molecule is Cc1ccccc1C(=O)Nc1ccc(C(=O)N2CCCC(OP(O)(O)=S)c3cc(Cl)ccc32)c(C)c1. The Hall–Kier alpha value is -2.58. The third kappa shape index (κ3) is 6.03. The third-order valence-electron chi connectivity index (χ3n) is 6.09. The number of nitrogens with one attached hydrogen (secondary N) is 1. The monoisotopic (exact) mass is 544 g/mol. The van der Waals surface area contributed by atoms with Crippen LogP contribution in [-0.2, 0) is 16.3 Å². The van der Waals surface area contributed by atoms with Crippen LogP contribution >= 0.6 is 18.3 Å². The average molecular weight is 545 g/mol. The molecule has 0 aliphatic carbocycles. The molecule has 1 aliphatic rings. The zero-order chi connectivity index (χ0) is 26.0. The van der Waals surface area contributed by atoms with Crippen LogP contribution in [0.3, 0.4) is 0 Å². The number of anilines is 2. The summed E-state index contributed by atoms with van der Waals surface area (Å²) in [6, 6.07) is 17.6. The molecule has 0 bridgehead atoms. The fourth-order valence-electron chi connectivity index (χ4n) is 4.38. The van der Waals surface area contributed by atoms with Crippen molar-refractivity contribution in [2.45, 2.75) is 32.8 Å². The van der Waals surface area contributed by atoms with Gasteiger partial charge in [0.05, 0.1) is 6.10 Å². The molecule has 7 nitrogen and oxygen atoms in total. The Bertz CT molecular complexity index is 1380. The van der Waals surface area contributed by atoms with Crippen molar-refractivity contribution in [3.05, 3.63) is 93.5 Å². The summed E-state index contributed by atoms with van der Waals surface area (Å²) >= 11 is 10.9. The minimum Gasteiger partial charge on any atom is -0.325 e. The Morgan fingerprint density at radius 2 is 1.81 bits per heavy atom. The number of halogens is 1. The molecule has 4 rings (SSSR count). The van der Waals surface area contributed by atoms with Crippen LogP contribution in [0.25, 0.3) is 0 Å².